The Labute approximate surface area is 243 Å². The van der Waals surface area contributed by atoms with Crippen LogP contribution < -0.4 is 23.7 Å². The maximum atomic E-state index is 14.0. The molecule has 1 fully saturated rings. The van der Waals surface area contributed by atoms with Crippen molar-refractivity contribution in [2.24, 2.45) is 11.8 Å². The fourth-order valence-corrected chi connectivity index (χ4v) is 6.15. The number of carbonyl (C=O) groups is 2. The maximum absolute atomic E-state index is 14.0. The zero-order valence-electron chi connectivity index (χ0n) is 23.2. The number of rotatable bonds is 8. The van der Waals surface area contributed by atoms with E-state index >= 15 is 0 Å². The number of carbonyl (C=O) groups excluding carboxylic acids is 1. The Balaban J connectivity index is 1.36. The molecule has 2 unspecified atom stereocenters. The Morgan fingerprint density at radius 2 is 1.29 bits per heavy atom. The predicted molar refractivity (Wildman–Crippen MR) is 155 cm³/mol. The average molecular weight is 567 g/mol. The number of ether oxygens (including phenoxy) is 5. The van der Waals surface area contributed by atoms with Crippen molar-refractivity contribution in [3.05, 3.63) is 102 Å². The van der Waals surface area contributed by atoms with Gasteiger partial charge in [0.25, 0.3) is 0 Å². The first-order chi connectivity index (χ1) is 20.5. The van der Waals surface area contributed by atoms with E-state index in [1.807, 2.05) is 54.6 Å². The quantitative estimate of drug-likeness (QED) is 0.206. The van der Waals surface area contributed by atoms with Gasteiger partial charge in [-0.05, 0) is 58.7 Å². The van der Waals surface area contributed by atoms with E-state index in [-0.39, 0.29) is 0 Å². The van der Waals surface area contributed by atoms with E-state index in [9.17, 15) is 14.7 Å². The minimum Gasteiger partial charge on any atom is -0.496 e. The van der Waals surface area contributed by atoms with Crippen molar-refractivity contribution < 1.29 is 38.4 Å². The molecule has 8 nitrogen and oxygen atoms in total. The second-order valence-electron chi connectivity index (χ2n) is 10.2. The molecule has 0 bridgehead atoms. The van der Waals surface area contributed by atoms with Gasteiger partial charge < -0.3 is 28.8 Å². The summed E-state index contributed by atoms with van der Waals surface area (Å²) in [5.74, 6) is -1.87. The van der Waals surface area contributed by atoms with Gasteiger partial charge in [0.15, 0.2) is 11.5 Å². The van der Waals surface area contributed by atoms with E-state index in [0.717, 1.165) is 11.1 Å². The van der Waals surface area contributed by atoms with Crippen molar-refractivity contribution in [1.29, 1.82) is 0 Å². The number of esters is 1. The standard InChI is InChI=1S/C34H30O8/c1-38-25-12-5-3-10-23(25)29-31(33(35)36)30(24-11-4-6-13-26(24)39-2)32(29)34(37)42-22-9-7-8-20(18-22)21-14-15-27-28(19-21)41-17-16-40-27/h3-15,18-19,29-32H,16-17H2,1-2H3,(H,35,36). The summed E-state index contributed by atoms with van der Waals surface area (Å²) in [6, 6.07) is 27.3. The van der Waals surface area contributed by atoms with Gasteiger partial charge in [-0.3, -0.25) is 9.59 Å². The molecule has 1 heterocycles. The van der Waals surface area contributed by atoms with Crippen molar-refractivity contribution >= 4 is 11.9 Å². The molecular weight excluding hydrogens is 536 g/mol. The van der Waals surface area contributed by atoms with Crippen molar-refractivity contribution in [2.45, 2.75) is 11.8 Å². The lowest BCUT2D eigenvalue weighted by Gasteiger charge is -2.49. The van der Waals surface area contributed by atoms with Gasteiger partial charge in [-0.15, -0.1) is 0 Å². The van der Waals surface area contributed by atoms with E-state index in [4.69, 9.17) is 23.7 Å². The molecule has 0 saturated heterocycles. The summed E-state index contributed by atoms with van der Waals surface area (Å²) in [7, 11) is 3.06. The fraction of sp³-hybridized carbons (Fsp3) is 0.235. The molecule has 4 aromatic rings. The highest BCUT2D eigenvalue weighted by molar-refractivity contribution is 5.86. The van der Waals surface area contributed by atoms with E-state index in [2.05, 4.69) is 0 Å². The lowest BCUT2D eigenvalue weighted by atomic mass is 9.52. The third-order valence-electron chi connectivity index (χ3n) is 8.03. The molecule has 1 N–H and O–H groups in total. The second-order valence-corrected chi connectivity index (χ2v) is 10.2. The highest BCUT2D eigenvalue weighted by Gasteiger charge is 2.60. The van der Waals surface area contributed by atoms with E-state index < -0.39 is 35.6 Å². The first-order valence-electron chi connectivity index (χ1n) is 13.7. The van der Waals surface area contributed by atoms with Crippen LogP contribution in [-0.2, 0) is 9.59 Å². The van der Waals surface area contributed by atoms with Gasteiger partial charge in [0.05, 0.1) is 26.1 Å². The van der Waals surface area contributed by atoms with E-state index in [1.165, 1.54) is 14.2 Å². The second kappa shape index (κ2) is 11.5. The first-order valence-corrected chi connectivity index (χ1v) is 13.7. The van der Waals surface area contributed by atoms with Gasteiger partial charge in [0, 0.05) is 11.8 Å². The molecule has 0 radical (unpaired) electrons. The lowest BCUT2D eigenvalue weighted by Crippen LogP contribution is -2.52. The number of para-hydroxylation sites is 2. The van der Waals surface area contributed by atoms with Crippen LogP contribution in [0.4, 0.5) is 0 Å². The lowest BCUT2D eigenvalue weighted by molar-refractivity contribution is -0.158. The number of methoxy groups -OCH3 is 2. The third kappa shape index (κ3) is 4.89. The van der Waals surface area contributed by atoms with Crippen LogP contribution in [0.2, 0.25) is 0 Å². The normalized spacial score (nSPS) is 20.6. The van der Waals surface area contributed by atoms with Crippen LogP contribution in [0.1, 0.15) is 23.0 Å². The van der Waals surface area contributed by atoms with Gasteiger partial charge in [-0.25, -0.2) is 0 Å². The van der Waals surface area contributed by atoms with Crippen LogP contribution >= 0.6 is 0 Å². The number of fused-ring (bicyclic) bond motifs is 1. The highest BCUT2D eigenvalue weighted by atomic mass is 16.6. The molecule has 2 atom stereocenters. The summed E-state index contributed by atoms with van der Waals surface area (Å²) in [5, 5.41) is 10.4. The highest BCUT2D eigenvalue weighted by Crippen LogP contribution is 2.60. The minimum absolute atomic E-state index is 0.351. The Bertz CT molecular complexity index is 1570. The number of hydrogen-bond acceptors (Lipinski definition) is 7. The minimum atomic E-state index is -1.01. The number of benzene rings is 4. The monoisotopic (exact) mass is 566 g/mol. The molecule has 1 aliphatic heterocycles. The fourth-order valence-electron chi connectivity index (χ4n) is 6.15. The SMILES string of the molecule is COc1ccccc1C1C(C(=O)O)C(c2ccccc2OC)C1C(=O)Oc1cccc(-c2ccc3c(c2)OCCO3)c1. The van der Waals surface area contributed by atoms with Crippen molar-refractivity contribution in [3.63, 3.8) is 0 Å². The van der Waals surface area contributed by atoms with Crippen LogP contribution in [0, 0.1) is 11.8 Å². The molecule has 1 saturated carbocycles. The summed E-state index contributed by atoms with van der Waals surface area (Å²) in [6.45, 7) is 0.987. The third-order valence-corrected chi connectivity index (χ3v) is 8.03. The summed E-state index contributed by atoms with van der Waals surface area (Å²) in [5.41, 5.74) is 3.00. The smallest absolute Gasteiger partial charge is 0.315 e. The number of carboxylic acid groups (broad SMARTS) is 1. The van der Waals surface area contributed by atoms with Gasteiger partial charge in [-0.1, -0.05) is 54.6 Å². The molecule has 8 heteroatoms. The van der Waals surface area contributed by atoms with Crippen LogP contribution in [0.5, 0.6) is 28.7 Å². The van der Waals surface area contributed by atoms with Crippen molar-refractivity contribution in [2.75, 3.05) is 27.4 Å². The average Bonchev–Trinajstić information content (AvgIpc) is 3.00. The van der Waals surface area contributed by atoms with Gasteiger partial charge in [-0.2, -0.15) is 0 Å². The molecule has 4 aromatic carbocycles. The molecule has 0 aromatic heterocycles. The van der Waals surface area contributed by atoms with Gasteiger partial charge >= 0.3 is 11.9 Å². The first kappa shape index (κ1) is 27.2. The van der Waals surface area contributed by atoms with Crippen LogP contribution in [-0.4, -0.2) is 44.5 Å². The summed E-state index contributed by atoms with van der Waals surface area (Å²) >= 11 is 0. The molecule has 214 valence electrons. The van der Waals surface area contributed by atoms with Crippen LogP contribution in [0.25, 0.3) is 11.1 Å². The largest absolute Gasteiger partial charge is 0.496 e. The Kier molecular flexibility index (Phi) is 7.44. The number of carboxylic acids is 1. The zero-order valence-corrected chi connectivity index (χ0v) is 23.2. The summed E-state index contributed by atoms with van der Waals surface area (Å²) < 4.78 is 28.5. The van der Waals surface area contributed by atoms with E-state index in [1.54, 1.807) is 36.4 Å². The number of aliphatic carboxylic acids is 1. The topological polar surface area (TPSA) is 101 Å². The molecule has 0 spiro atoms. The number of hydrogen-bond donors (Lipinski definition) is 1. The van der Waals surface area contributed by atoms with Crippen molar-refractivity contribution in [3.8, 4) is 39.9 Å². The Morgan fingerprint density at radius 3 is 1.90 bits per heavy atom. The molecule has 1 aliphatic carbocycles. The summed E-state index contributed by atoms with van der Waals surface area (Å²) in [6.07, 6.45) is 0. The molecular formula is C34H30O8. The van der Waals surface area contributed by atoms with Crippen LogP contribution in [0.15, 0.2) is 91.0 Å². The van der Waals surface area contributed by atoms with Crippen LogP contribution in [0.3, 0.4) is 0 Å². The van der Waals surface area contributed by atoms with Crippen molar-refractivity contribution in [1.82, 2.24) is 0 Å². The van der Waals surface area contributed by atoms with E-state index in [0.29, 0.717) is 53.1 Å². The zero-order chi connectivity index (χ0) is 29.2. The molecule has 42 heavy (non-hydrogen) atoms. The molecule has 6 rings (SSSR count). The predicted octanol–water partition coefficient (Wildman–Crippen LogP) is 5.95. The Morgan fingerprint density at radius 1 is 0.690 bits per heavy atom. The summed E-state index contributed by atoms with van der Waals surface area (Å²) in [4.78, 5) is 26.8. The molecule has 2 aliphatic rings. The van der Waals surface area contributed by atoms with Gasteiger partial charge in [0.1, 0.15) is 30.5 Å². The van der Waals surface area contributed by atoms with Gasteiger partial charge in [0.2, 0.25) is 0 Å². The maximum Gasteiger partial charge on any atom is 0.315 e. The Hall–Kier alpha value is -4.98. The molecule has 0 amide bonds.